The van der Waals surface area contributed by atoms with Crippen LogP contribution in [0.5, 0.6) is 17.2 Å². The summed E-state index contributed by atoms with van der Waals surface area (Å²) in [6, 6.07) is 13.3. The van der Waals surface area contributed by atoms with Crippen LogP contribution >= 0.6 is 11.6 Å². The van der Waals surface area contributed by atoms with Gasteiger partial charge in [0.2, 0.25) is 11.8 Å². The van der Waals surface area contributed by atoms with E-state index in [4.69, 9.17) is 35.7 Å². The van der Waals surface area contributed by atoms with Crippen LogP contribution in [0.1, 0.15) is 46.8 Å². The zero-order valence-electron chi connectivity index (χ0n) is 25.4. The number of rotatable bonds is 3. The Morgan fingerprint density at radius 1 is 1.07 bits per heavy atom. The van der Waals surface area contributed by atoms with Crippen LogP contribution in [-0.2, 0) is 20.8 Å². The zero-order chi connectivity index (χ0) is 33.2. The predicted molar refractivity (Wildman–Crippen MR) is 168 cm³/mol. The highest BCUT2D eigenvalue weighted by atomic mass is 35.5. The highest BCUT2D eigenvalue weighted by Gasteiger charge is 2.27. The van der Waals surface area contributed by atoms with Gasteiger partial charge in [0.1, 0.15) is 11.6 Å². The number of nitrogens with zero attached hydrogens (tertiary/aromatic N) is 1. The second-order valence-electron chi connectivity index (χ2n) is 10.5. The third-order valence-corrected chi connectivity index (χ3v) is 7.97. The largest absolute Gasteiger partial charge is 0.493 e. The Hall–Kier alpha value is -4.84. The molecule has 0 saturated heterocycles. The van der Waals surface area contributed by atoms with E-state index in [1.54, 1.807) is 14.2 Å². The number of fused-ring (bicyclic) bond motifs is 4. The van der Waals surface area contributed by atoms with Gasteiger partial charge in [-0.25, -0.2) is 4.39 Å². The van der Waals surface area contributed by atoms with E-state index in [1.165, 1.54) is 17.0 Å². The monoisotopic (exact) mass is 655 g/mol. The normalized spacial score (nSPS) is 16.6. The highest BCUT2D eigenvalue weighted by molar-refractivity contribution is 6.33. The van der Waals surface area contributed by atoms with Gasteiger partial charge in [-0.05, 0) is 53.9 Å². The molecule has 3 amide bonds. The minimum atomic E-state index is -0.755. The molecule has 3 N–H and O–H groups in total. The van der Waals surface area contributed by atoms with Crippen molar-refractivity contribution >= 4 is 35.8 Å². The lowest BCUT2D eigenvalue weighted by Crippen LogP contribution is -2.41. The average molecular weight is 656 g/mol. The van der Waals surface area contributed by atoms with Gasteiger partial charge in [0.05, 0.1) is 37.5 Å². The number of amides is 3. The number of aryl methyl sites for hydroxylation is 1. The molecule has 5 rings (SSSR count). The van der Waals surface area contributed by atoms with E-state index in [9.17, 15) is 18.8 Å². The Kier molecular flexibility index (Phi) is 11.8. The van der Waals surface area contributed by atoms with Crippen molar-refractivity contribution < 1.29 is 42.9 Å². The molecule has 0 saturated carbocycles. The quantitative estimate of drug-likeness (QED) is 0.353. The Bertz CT molecular complexity index is 1580. The van der Waals surface area contributed by atoms with E-state index in [0.717, 1.165) is 28.3 Å². The van der Waals surface area contributed by atoms with Crippen molar-refractivity contribution in [2.75, 3.05) is 40.5 Å². The van der Waals surface area contributed by atoms with Gasteiger partial charge in [0, 0.05) is 50.0 Å². The fourth-order valence-corrected chi connectivity index (χ4v) is 5.69. The summed E-state index contributed by atoms with van der Waals surface area (Å²) in [6.07, 6.45) is 1.14. The maximum Gasteiger partial charge on any atom is 0.290 e. The minimum Gasteiger partial charge on any atom is -0.493 e. The molecule has 13 heteroatoms. The van der Waals surface area contributed by atoms with E-state index in [2.05, 4.69) is 10.6 Å². The lowest BCUT2D eigenvalue weighted by Gasteiger charge is -2.28. The number of carbonyl (C=O) groups is 4. The molecule has 2 aliphatic heterocycles. The first-order valence-electron chi connectivity index (χ1n) is 14.6. The SMILES string of the molecule is COc1cc2cc(c1OC)-c1ccc3c(c1)C(CCO3)NC(=O)CCN(C(=O)c1c(F)cccc1Cl)CCNC(=O)CC2.O=CO. The molecule has 46 heavy (non-hydrogen) atoms. The Morgan fingerprint density at radius 2 is 1.85 bits per heavy atom. The van der Waals surface area contributed by atoms with Gasteiger partial charge in [-0.1, -0.05) is 23.7 Å². The molecule has 11 nitrogen and oxygen atoms in total. The molecule has 0 aliphatic carbocycles. The summed E-state index contributed by atoms with van der Waals surface area (Å²) in [5, 5.41) is 12.8. The number of carboxylic acid groups (broad SMARTS) is 1. The summed E-state index contributed by atoms with van der Waals surface area (Å²) in [4.78, 5) is 49.1. The summed E-state index contributed by atoms with van der Waals surface area (Å²) < 4.78 is 31.9. The van der Waals surface area contributed by atoms with Crippen molar-refractivity contribution in [3.05, 3.63) is 76.1 Å². The number of methoxy groups -OCH3 is 2. The van der Waals surface area contributed by atoms with Crippen LogP contribution in [0.25, 0.3) is 11.1 Å². The van der Waals surface area contributed by atoms with Crippen LogP contribution in [0.3, 0.4) is 0 Å². The Labute approximate surface area is 270 Å². The number of ether oxygens (including phenoxy) is 3. The van der Waals surface area contributed by atoms with Crippen LogP contribution in [0.2, 0.25) is 5.02 Å². The fraction of sp³-hybridized carbons (Fsp3) is 0.333. The molecule has 3 aromatic carbocycles. The molecule has 0 spiro atoms. The molecule has 2 aliphatic rings. The van der Waals surface area contributed by atoms with Gasteiger partial charge in [-0.15, -0.1) is 0 Å². The first kappa shape index (κ1) is 34.0. The smallest absolute Gasteiger partial charge is 0.290 e. The van der Waals surface area contributed by atoms with Crippen LogP contribution in [-0.4, -0.2) is 74.7 Å². The fourth-order valence-electron chi connectivity index (χ4n) is 5.45. The average Bonchev–Trinajstić information content (AvgIpc) is 3.04. The van der Waals surface area contributed by atoms with Gasteiger partial charge in [-0.2, -0.15) is 0 Å². The minimum absolute atomic E-state index is 0.00285. The van der Waals surface area contributed by atoms with Crippen molar-refractivity contribution in [3.63, 3.8) is 0 Å². The molecule has 0 radical (unpaired) electrons. The molecule has 1 unspecified atom stereocenters. The molecule has 1 atom stereocenters. The zero-order valence-corrected chi connectivity index (χ0v) is 26.2. The topological polar surface area (TPSA) is 143 Å². The van der Waals surface area contributed by atoms with E-state index in [0.29, 0.717) is 36.7 Å². The van der Waals surface area contributed by atoms with Crippen LogP contribution in [0.15, 0.2) is 48.5 Å². The number of carbonyl (C=O) groups excluding carboxylic acids is 3. The van der Waals surface area contributed by atoms with Crippen LogP contribution in [0, 0.1) is 5.82 Å². The van der Waals surface area contributed by atoms with E-state index in [-0.39, 0.29) is 67.4 Å². The Morgan fingerprint density at radius 3 is 2.57 bits per heavy atom. The first-order valence-corrected chi connectivity index (χ1v) is 15.0. The van der Waals surface area contributed by atoms with Gasteiger partial charge >= 0.3 is 0 Å². The lowest BCUT2D eigenvalue weighted by atomic mass is 9.93. The van der Waals surface area contributed by atoms with Crippen molar-refractivity contribution in [2.45, 2.75) is 31.7 Å². The molecule has 2 heterocycles. The third kappa shape index (κ3) is 8.05. The van der Waals surface area contributed by atoms with Crippen molar-refractivity contribution in [1.29, 1.82) is 0 Å². The van der Waals surface area contributed by atoms with Gasteiger partial charge in [-0.3, -0.25) is 19.2 Å². The number of halogens is 2. The van der Waals surface area contributed by atoms with Crippen molar-refractivity contribution in [3.8, 4) is 28.4 Å². The van der Waals surface area contributed by atoms with Crippen molar-refractivity contribution in [2.24, 2.45) is 0 Å². The molecular weight excluding hydrogens is 621 g/mol. The summed E-state index contributed by atoms with van der Waals surface area (Å²) in [5.74, 6) is -0.161. The van der Waals surface area contributed by atoms with E-state index in [1.807, 2.05) is 30.3 Å². The van der Waals surface area contributed by atoms with Crippen LogP contribution in [0.4, 0.5) is 4.39 Å². The lowest BCUT2D eigenvalue weighted by molar-refractivity contribution is -0.123. The first-order chi connectivity index (χ1) is 22.2. The van der Waals surface area contributed by atoms with Gasteiger partial charge in [0.25, 0.3) is 12.4 Å². The number of hydrogen-bond acceptors (Lipinski definition) is 7. The molecule has 3 aromatic rings. The van der Waals surface area contributed by atoms with Crippen LogP contribution < -0.4 is 24.8 Å². The maximum absolute atomic E-state index is 14.6. The summed E-state index contributed by atoms with van der Waals surface area (Å²) in [6.45, 7) is 0.360. The number of benzene rings is 3. The van der Waals surface area contributed by atoms with E-state index >= 15 is 0 Å². The molecule has 4 bridgehead atoms. The summed E-state index contributed by atoms with van der Waals surface area (Å²) in [7, 11) is 3.13. The summed E-state index contributed by atoms with van der Waals surface area (Å²) >= 11 is 6.17. The molecule has 0 fully saturated rings. The van der Waals surface area contributed by atoms with Crippen molar-refractivity contribution in [1.82, 2.24) is 15.5 Å². The molecular formula is C33H35ClFN3O8. The second kappa shape index (κ2) is 15.9. The standard InChI is InChI=1S/C32H33ClFN3O6.CH2O2/c1-41-27-17-19-6-9-28(38)35-12-14-37(32(40)30-23(33)4-3-5-24(30)34)13-10-29(39)36-25-11-15-43-26-8-7-20(18-22(25)26)21(16-19)31(27)42-2;2-1-3/h3-5,7-8,16-18,25H,6,9-15H2,1-2H3,(H,35,38)(H,36,39);1H,(H,2,3). The predicted octanol–water partition coefficient (Wildman–Crippen LogP) is 4.40. The van der Waals surface area contributed by atoms with E-state index < -0.39 is 11.7 Å². The molecule has 244 valence electrons. The second-order valence-corrected chi connectivity index (χ2v) is 10.9. The highest BCUT2D eigenvalue weighted by Crippen LogP contribution is 2.42. The van der Waals surface area contributed by atoms with Gasteiger partial charge in [0.15, 0.2) is 11.5 Å². The number of nitrogens with one attached hydrogen (secondary N) is 2. The maximum atomic E-state index is 14.6. The third-order valence-electron chi connectivity index (χ3n) is 7.65. The Balaban J connectivity index is 0.00000154. The number of hydrogen-bond donors (Lipinski definition) is 3. The molecule has 0 aromatic heterocycles. The van der Waals surface area contributed by atoms with Gasteiger partial charge < -0.3 is 34.9 Å². The summed E-state index contributed by atoms with van der Waals surface area (Å²) in [5.41, 5.74) is 3.04.